The van der Waals surface area contributed by atoms with Crippen molar-refractivity contribution < 1.29 is 18.7 Å². The Morgan fingerprint density at radius 3 is 2.45 bits per heavy atom. The normalized spacial score (nSPS) is 10.6. The first-order valence-corrected chi connectivity index (χ1v) is 6.28. The molecule has 1 N–H and O–H groups in total. The molecule has 0 radical (unpaired) electrons. The third-order valence-corrected chi connectivity index (χ3v) is 3.06. The minimum atomic E-state index is -1.28. The van der Waals surface area contributed by atoms with Gasteiger partial charge in [0.05, 0.1) is 0 Å². The van der Waals surface area contributed by atoms with Gasteiger partial charge in [-0.3, -0.25) is 0 Å². The van der Waals surface area contributed by atoms with E-state index < -0.39 is 17.6 Å². The number of rotatable bonds is 3. The van der Waals surface area contributed by atoms with Gasteiger partial charge in [0.1, 0.15) is 17.2 Å². The van der Waals surface area contributed by atoms with E-state index in [2.05, 4.69) is 10.3 Å². The number of aromatic carboxylic acids is 1. The van der Waals surface area contributed by atoms with Crippen molar-refractivity contribution in [3.05, 3.63) is 65.9 Å². The molecule has 0 saturated carbocycles. The summed E-state index contributed by atoms with van der Waals surface area (Å²) >= 11 is 0. The Bertz CT molecular complexity index is 847. The summed E-state index contributed by atoms with van der Waals surface area (Å²) in [6.07, 6.45) is 0. The lowest BCUT2D eigenvalue weighted by Gasteiger charge is -2.08. The zero-order valence-corrected chi connectivity index (χ0v) is 11.1. The Morgan fingerprint density at radius 2 is 1.82 bits per heavy atom. The topological polar surface area (TPSA) is 68.0 Å². The van der Waals surface area contributed by atoms with Gasteiger partial charge in [-0.1, -0.05) is 35.5 Å². The standard InChI is InChI=1S/C15H9F2N3O2/c16-10-6-7-12(11(17)8-10)20-14(9-4-2-1-3-5-9)13(15(21)22)18-19-20/h1-8H,(H,21,22). The summed E-state index contributed by atoms with van der Waals surface area (Å²) in [5, 5.41) is 16.5. The number of aromatic nitrogens is 3. The van der Waals surface area contributed by atoms with E-state index in [4.69, 9.17) is 0 Å². The molecule has 0 spiro atoms. The predicted octanol–water partition coefficient (Wildman–Crippen LogP) is 2.91. The monoisotopic (exact) mass is 301 g/mol. The lowest BCUT2D eigenvalue weighted by Crippen LogP contribution is -2.05. The van der Waals surface area contributed by atoms with Gasteiger partial charge in [-0.05, 0) is 12.1 Å². The van der Waals surface area contributed by atoms with E-state index in [0.717, 1.165) is 10.7 Å². The van der Waals surface area contributed by atoms with Crippen molar-refractivity contribution in [1.29, 1.82) is 0 Å². The van der Waals surface area contributed by atoms with Gasteiger partial charge in [0.25, 0.3) is 0 Å². The second-order valence-electron chi connectivity index (χ2n) is 4.47. The van der Waals surface area contributed by atoms with Crippen LogP contribution in [-0.4, -0.2) is 26.1 Å². The second kappa shape index (κ2) is 5.36. The minimum Gasteiger partial charge on any atom is -0.476 e. The predicted molar refractivity (Wildman–Crippen MR) is 73.7 cm³/mol. The van der Waals surface area contributed by atoms with Gasteiger partial charge in [0.15, 0.2) is 11.5 Å². The van der Waals surface area contributed by atoms with Crippen LogP contribution in [0.2, 0.25) is 0 Å². The lowest BCUT2D eigenvalue weighted by molar-refractivity contribution is 0.0691. The summed E-state index contributed by atoms with van der Waals surface area (Å²) < 4.78 is 28.1. The number of carboxylic acids is 1. The highest BCUT2D eigenvalue weighted by molar-refractivity contribution is 5.93. The number of hydrogen-bond acceptors (Lipinski definition) is 3. The molecule has 0 aliphatic rings. The first-order chi connectivity index (χ1) is 10.6. The molecule has 0 fully saturated rings. The molecule has 5 nitrogen and oxygen atoms in total. The summed E-state index contributed by atoms with van der Waals surface area (Å²) in [6, 6.07) is 11.4. The molecular weight excluding hydrogens is 292 g/mol. The Kier molecular flexibility index (Phi) is 3.38. The van der Waals surface area contributed by atoms with E-state index in [-0.39, 0.29) is 17.1 Å². The smallest absolute Gasteiger partial charge is 0.358 e. The van der Waals surface area contributed by atoms with Crippen LogP contribution in [0.5, 0.6) is 0 Å². The zero-order valence-electron chi connectivity index (χ0n) is 11.1. The first kappa shape index (κ1) is 13.9. The number of benzene rings is 2. The van der Waals surface area contributed by atoms with E-state index in [0.29, 0.717) is 11.6 Å². The van der Waals surface area contributed by atoms with E-state index in [1.165, 1.54) is 6.07 Å². The number of hydrogen-bond donors (Lipinski definition) is 1. The van der Waals surface area contributed by atoms with E-state index in [9.17, 15) is 18.7 Å². The Balaban J connectivity index is 2.27. The number of carbonyl (C=O) groups is 1. The molecule has 7 heteroatoms. The van der Waals surface area contributed by atoms with Gasteiger partial charge < -0.3 is 5.11 Å². The highest BCUT2D eigenvalue weighted by Gasteiger charge is 2.22. The maximum atomic E-state index is 14.0. The molecule has 1 aromatic heterocycles. The summed E-state index contributed by atoms with van der Waals surface area (Å²) in [6.45, 7) is 0. The fourth-order valence-corrected chi connectivity index (χ4v) is 2.10. The molecule has 0 unspecified atom stereocenters. The van der Waals surface area contributed by atoms with E-state index >= 15 is 0 Å². The molecule has 0 amide bonds. The highest BCUT2D eigenvalue weighted by Crippen LogP contribution is 2.26. The summed E-state index contributed by atoms with van der Waals surface area (Å²) in [5.41, 5.74) is 0.238. The van der Waals surface area contributed by atoms with E-state index in [1.54, 1.807) is 30.3 Å². The van der Waals surface area contributed by atoms with Gasteiger partial charge in [-0.25, -0.2) is 18.3 Å². The fraction of sp³-hybridized carbons (Fsp3) is 0. The van der Waals surface area contributed by atoms with Crippen LogP contribution < -0.4 is 0 Å². The van der Waals surface area contributed by atoms with Crippen molar-refractivity contribution >= 4 is 5.97 Å². The van der Waals surface area contributed by atoms with Crippen molar-refractivity contribution in [1.82, 2.24) is 15.0 Å². The summed E-state index contributed by atoms with van der Waals surface area (Å²) in [4.78, 5) is 11.3. The quantitative estimate of drug-likeness (QED) is 0.807. The van der Waals surface area contributed by atoms with Crippen molar-refractivity contribution in [2.45, 2.75) is 0 Å². The van der Waals surface area contributed by atoms with E-state index in [1.807, 2.05) is 0 Å². The molecule has 0 aliphatic carbocycles. The third-order valence-electron chi connectivity index (χ3n) is 3.06. The SMILES string of the molecule is O=C(O)c1nnn(-c2ccc(F)cc2F)c1-c1ccccc1. The summed E-state index contributed by atoms with van der Waals surface area (Å²) in [5.74, 6) is -2.88. The van der Waals surface area contributed by atoms with Crippen molar-refractivity contribution in [3.63, 3.8) is 0 Å². The first-order valence-electron chi connectivity index (χ1n) is 6.28. The Hall–Kier alpha value is -3.09. The van der Waals surface area contributed by atoms with Crippen molar-refractivity contribution in [2.75, 3.05) is 0 Å². The van der Waals surface area contributed by atoms with Crippen molar-refractivity contribution in [3.8, 4) is 16.9 Å². The van der Waals surface area contributed by atoms with Crippen LogP contribution in [0.1, 0.15) is 10.5 Å². The molecule has 3 rings (SSSR count). The molecule has 1 heterocycles. The minimum absolute atomic E-state index is 0.0831. The molecular formula is C15H9F2N3O2. The summed E-state index contributed by atoms with van der Waals surface area (Å²) in [7, 11) is 0. The maximum absolute atomic E-state index is 14.0. The molecule has 22 heavy (non-hydrogen) atoms. The average molecular weight is 301 g/mol. The van der Waals surface area contributed by atoms with Gasteiger partial charge in [-0.2, -0.15) is 0 Å². The van der Waals surface area contributed by atoms with Crippen LogP contribution in [0.25, 0.3) is 16.9 Å². The number of carboxylic acid groups (broad SMARTS) is 1. The van der Waals surface area contributed by atoms with Crippen LogP contribution in [0, 0.1) is 11.6 Å². The lowest BCUT2D eigenvalue weighted by atomic mass is 10.1. The second-order valence-corrected chi connectivity index (χ2v) is 4.47. The average Bonchev–Trinajstić information content (AvgIpc) is 2.93. The molecule has 3 aromatic rings. The zero-order chi connectivity index (χ0) is 15.7. The third kappa shape index (κ3) is 2.32. The Morgan fingerprint density at radius 1 is 1.09 bits per heavy atom. The van der Waals surface area contributed by atoms with Gasteiger partial charge >= 0.3 is 5.97 Å². The van der Waals surface area contributed by atoms with Crippen LogP contribution in [0.3, 0.4) is 0 Å². The van der Waals surface area contributed by atoms with Crippen LogP contribution in [0.4, 0.5) is 8.78 Å². The largest absolute Gasteiger partial charge is 0.476 e. The Labute approximate surface area is 123 Å². The van der Waals surface area contributed by atoms with Crippen LogP contribution >= 0.6 is 0 Å². The fourth-order valence-electron chi connectivity index (χ4n) is 2.10. The molecule has 110 valence electrons. The number of nitrogens with zero attached hydrogens (tertiary/aromatic N) is 3. The number of halogens is 2. The van der Waals surface area contributed by atoms with Crippen LogP contribution in [0.15, 0.2) is 48.5 Å². The molecule has 0 saturated heterocycles. The molecule has 0 aliphatic heterocycles. The molecule has 0 atom stereocenters. The maximum Gasteiger partial charge on any atom is 0.358 e. The van der Waals surface area contributed by atoms with Crippen molar-refractivity contribution in [2.24, 2.45) is 0 Å². The highest BCUT2D eigenvalue weighted by atomic mass is 19.1. The van der Waals surface area contributed by atoms with Gasteiger partial charge in [0, 0.05) is 11.6 Å². The van der Waals surface area contributed by atoms with Gasteiger partial charge in [-0.15, -0.1) is 5.10 Å². The molecule has 0 bridgehead atoms. The van der Waals surface area contributed by atoms with Crippen LogP contribution in [-0.2, 0) is 0 Å². The molecule has 2 aromatic carbocycles. The van der Waals surface area contributed by atoms with Gasteiger partial charge in [0.2, 0.25) is 0 Å².